The molecule has 0 amide bonds. The molecule has 2 heteroatoms. The SMILES string of the molecule is CCc1cccc(NC(C)c2ccc(OC(C)C)cc2)c1. The van der Waals surface area contributed by atoms with Crippen LogP contribution in [0.3, 0.4) is 0 Å². The molecule has 1 unspecified atom stereocenters. The molecule has 0 saturated heterocycles. The molecule has 0 aliphatic heterocycles. The highest BCUT2D eigenvalue weighted by atomic mass is 16.5. The first-order valence-electron chi connectivity index (χ1n) is 7.70. The Hall–Kier alpha value is -1.96. The number of anilines is 1. The lowest BCUT2D eigenvalue weighted by atomic mass is 10.1. The van der Waals surface area contributed by atoms with Crippen LogP contribution < -0.4 is 10.1 Å². The second kappa shape index (κ2) is 7.16. The zero-order valence-corrected chi connectivity index (χ0v) is 13.4. The largest absolute Gasteiger partial charge is 0.491 e. The number of nitrogens with one attached hydrogen (secondary N) is 1. The van der Waals surface area contributed by atoms with E-state index >= 15 is 0 Å². The van der Waals surface area contributed by atoms with Crippen molar-refractivity contribution >= 4 is 5.69 Å². The summed E-state index contributed by atoms with van der Waals surface area (Å²) >= 11 is 0. The normalized spacial score (nSPS) is 12.2. The van der Waals surface area contributed by atoms with Gasteiger partial charge in [-0.1, -0.05) is 31.2 Å². The Labute approximate surface area is 128 Å². The summed E-state index contributed by atoms with van der Waals surface area (Å²) in [7, 11) is 0. The van der Waals surface area contributed by atoms with Gasteiger partial charge in [0.05, 0.1) is 6.10 Å². The molecule has 0 aromatic heterocycles. The third-order valence-corrected chi connectivity index (χ3v) is 3.47. The molecule has 112 valence electrons. The molecule has 1 N–H and O–H groups in total. The lowest BCUT2D eigenvalue weighted by Crippen LogP contribution is -2.08. The van der Waals surface area contributed by atoms with Crippen LogP contribution in [0.15, 0.2) is 48.5 Å². The van der Waals surface area contributed by atoms with Crippen LogP contribution >= 0.6 is 0 Å². The molecule has 0 aliphatic rings. The second-order valence-corrected chi connectivity index (χ2v) is 5.66. The van der Waals surface area contributed by atoms with Crippen molar-refractivity contribution in [2.24, 2.45) is 0 Å². The summed E-state index contributed by atoms with van der Waals surface area (Å²) in [5.41, 5.74) is 3.78. The van der Waals surface area contributed by atoms with E-state index in [1.807, 2.05) is 26.0 Å². The minimum atomic E-state index is 0.211. The van der Waals surface area contributed by atoms with Crippen molar-refractivity contribution in [3.05, 3.63) is 59.7 Å². The Morgan fingerprint density at radius 2 is 1.71 bits per heavy atom. The van der Waals surface area contributed by atoms with Crippen LogP contribution in [0.4, 0.5) is 5.69 Å². The van der Waals surface area contributed by atoms with Crippen molar-refractivity contribution in [3.8, 4) is 5.75 Å². The van der Waals surface area contributed by atoms with E-state index in [-0.39, 0.29) is 12.1 Å². The molecule has 0 radical (unpaired) electrons. The molecule has 0 heterocycles. The van der Waals surface area contributed by atoms with E-state index in [4.69, 9.17) is 4.74 Å². The van der Waals surface area contributed by atoms with Crippen LogP contribution in [0.2, 0.25) is 0 Å². The number of ether oxygens (including phenoxy) is 1. The van der Waals surface area contributed by atoms with E-state index in [0.29, 0.717) is 0 Å². The molecule has 2 rings (SSSR count). The Morgan fingerprint density at radius 3 is 2.33 bits per heavy atom. The van der Waals surface area contributed by atoms with Gasteiger partial charge < -0.3 is 10.1 Å². The summed E-state index contributed by atoms with van der Waals surface area (Å²) < 4.78 is 5.68. The van der Waals surface area contributed by atoms with Crippen molar-refractivity contribution in [1.29, 1.82) is 0 Å². The summed E-state index contributed by atoms with van der Waals surface area (Å²) in [4.78, 5) is 0. The Bertz CT molecular complexity index is 560. The third-order valence-electron chi connectivity index (χ3n) is 3.47. The van der Waals surface area contributed by atoms with Crippen LogP contribution in [0.25, 0.3) is 0 Å². The van der Waals surface area contributed by atoms with Gasteiger partial charge in [-0.25, -0.2) is 0 Å². The fourth-order valence-corrected chi connectivity index (χ4v) is 2.32. The first-order chi connectivity index (χ1) is 10.1. The highest BCUT2D eigenvalue weighted by molar-refractivity contribution is 5.48. The minimum Gasteiger partial charge on any atom is -0.491 e. The lowest BCUT2D eigenvalue weighted by molar-refractivity contribution is 0.242. The van der Waals surface area contributed by atoms with Crippen LogP contribution in [0.5, 0.6) is 5.75 Å². The summed E-state index contributed by atoms with van der Waals surface area (Å²) in [6.07, 6.45) is 1.27. The van der Waals surface area contributed by atoms with Crippen molar-refractivity contribution in [2.75, 3.05) is 5.32 Å². The van der Waals surface area contributed by atoms with Gasteiger partial charge in [0, 0.05) is 11.7 Å². The van der Waals surface area contributed by atoms with E-state index in [1.165, 1.54) is 16.8 Å². The first kappa shape index (κ1) is 15.4. The van der Waals surface area contributed by atoms with Gasteiger partial charge in [0.1, 0.15) is 5.75 Å². The van der Waals surface area contributed by atoms with Gasteiger partial charge in [0.25, 0.3) is 0 Å². The van der Waals surface area contributed by atoms with E-state index in [0.717, 1.165) is 12.2 Å². The Balaban J connectivity index is 2.03. The van der Waals surface area contributed by atoms with Crippen molar-refractivity contribution in [3.63, 3.8) is 0 Å². The summed E-state index contributed by atoms with van der Waals surface area (Å²) in [6, 6.07) is 17.2. The smallest absolute Gasteiger partial charge is 0.119 e. The quantitative estimate of drug-likeness (QED) is 0.785. The third kappa shape index (κ3) is 4.52. The maximum absolute atomic E-state index is 5.68. The van der Waals surface area contributed by atoms with Gasteiger partial charge in [0.2, 0.25) is 0 Å². The molecule has 0 spiro atoms. The van der Waals surface area contributed by atoms with Crippen molar-refractivity contribution in [2.45, 2.75) is 46.3 Å². The predicted octanol–water partition coefficient (Wildman–Crippen LogP) is 5.21. The van der Waals surface area contributed by atoms with Gasteiger partial charge in [-0.15, -0.1) is 0 Å². The standard InChI is InChI=1S/C19H25NO/c1-5-16-7-6-8-18(13-16)20-15(4)17-9-11-19(12-10-17)21-14(2)3/h6-15,20H,5H2,1-4H3. The van der Waals surface area contributed by atoms with E-state index in [2.05, 4.69) is 55.6 Å². The molecule has 0 saturated carbocycles. The lowest BCUT2D eigenvalue weighted by Gasteiger charge is -2.17. The van der Waals surface area contributed by atoms with Crippen LogP contribution in [-0.4, -0.2) is 6.10 Å². The molecule has 2 aromatic carbocycles. The maximum Gasteiger partial charge on any atom is 0.119 e. The summed E-state index contributed by atoms with van der Waals surface area (Å²) in [6.45, 7) is 8.44. The molecular formula is C19H25NO. The predicted molar refractivity (Wildman–Crippen MR) is 90.1 cm³/mol. The van der Waals surface area contributed by atoms with Gasteiger partial charge in [-0.3, -0.25) is 0 Å². The molecule has 2 aromatic rings. The fraction of sp³-hybridized carbons (Fsp3) is 0.368. The molecule has 1 atom stereocenters. The topological polar surface area (TPSA) is 21.3 Å². The minimum absolute atomic E-state index is 0.211. The number of rotatable bonds is 6. The Kier molecular flexibility index (Phi) is 5.26. The first-order valence-corrected chi connectivity index (χ1v) is 7.70. The van der Waals surface area contributed by atoms with E-state index < -0.39 is 0 Å². The van der Waals surface area contributed by atoms with Crippen molar-refractivity contribution in [1.82, 2.24) is 0 Å². The maximum atomic E-state index is 5.68. The monoisotopic (exact) mass is 283 g/mol. The number of benzene rings is 2. The van der Waals surface area contributed by atoms with Gasteiger partial charge >= 0.3 is 0 Å². The van der Waals surface area contributed by atoms with Crippen LogP contribution in [0.1, 0.15) is 44.9 Å². The molecular weight excluding hydrogens is 258 g/mol. The van der Waals surface area contributed by atoms with E-state index in [9.17, 15) is 0 Å². The zero-order valence-electron chi connectivity index (χ0n) is 13.4. The van der Waals surface area contributed by atoms with Gasteiger partial charge in [-0.05, 0) is 62.6 Å². The second-order valence-electron chi connectivity index (χ2n) is 5.66. The molecule has 2 nitrogen and oxygen atoms in total. The molecule has 0 aliphatic carbocycles. The van der Waals surface area contributed by atoms with E-state index in [1.54, 1.807) is 0 Å². The average molecular weight is 283 g/mol. The molecule has 0 fully saturated rings. The van der Waals surface area contributed by atoms with Gasteiger partial charge in [0.15, 0.2) is 0 Å². The summed E-state index contributed by atoms with van der Waals surface area (Å²) in [5, 5.41) is 3.55. The van der Waals surface area contributed by atoms with Crippen LogP contribution in [-0.2, 0) is 6.42 Å². The molecule has 21 heavy (non-hydrogen) atoms. The number of aryl methyl sites for hydroxylation is 1. The summed E-state index contributed by atoms with van der Waals surface area (Å²) in [5.74, 6) is 0.925. The number of hydrogen-bond donors (Lipinski definition) is 1. The molecule has 0 bridgehead atoms. The highest BCUT2D eigenvalue weighted by Crippen LogP contribution is 2.22. The Morgan fingerprint density at radius 1 is 1.00 bits per heavy atom. The average Bonchev–Trinajstić information content (AvgIpc) is 2.47. The van der Waals surface area contributed by atoms with Gasteiger partial charge in [-0.2, -0.15) is 0 Å². The highest BCUT2D eigenvalue weighted by Gasteiger charge is 2.06. The zero-order chi connectivity index (χ0) is 15.2. The van der Waals surface area contributed by atoms with Crippen LogP contribution in [0, 0.1) is 0 Å². The number of hydrogen-bond acceptors (Lipinski definition) is 2. The fourth-order valence-electron chi connectivity index (χ4n) is 2.32. The van der Waals surface area contributed by atoms with Crippen molar-refractivity contribution < 1.29 is 4.74 Å².